The van der Waals surface area contributed by atoms with Gasteiger partial charge >= 0.3 is 11.9 Å². The van der Waals surface area contributed by atoms with Crippen LogP contribution in [-0.2, 0) is 19.1 Å². The molecule has 2 atom stereocenters. The van der Waals surface area contributed by atoms with Gasteiger partial charge in [-0.1, -0.05) is 12.2 Å². The minimum absolute atomic E-state index is 0.147. The van der Waals surface area contributed by atoms with Crippen LogP contribution >= 0.6 is 0 Å². The Hall–Kier alpha value is -1.58. The Balaban J connectivity index is 2.41. The summed E-state index contributed by atoms with van der Waals surface area (Å²) < 4.78 is 10.5. The maximum Gasteiger partial charge on any atom is 0.330 e. The molecule has 0 aromatic carbocycles. The van der Waals surface area contributed by atoms with Gasteiger partial charge in [0.05, 0.1) is 0 Å². The molecule has 2 unspecified atom stereocenters. The number of hydrogen-bond donors (Lipinski definition) is 0. The first-order chi connectivity index (χ1) is 8.65. The van der Waals surface area contributed by atoms with E-state index in [4.69, 9.17) is 9.47 Å². The van der Waals surface area contributed by atoms with Gasteiger partial charge in [-0.15, -0.1) is 0 Å². The molecule has 1 aliphatic carbocycles. The molecule has 0 saturated heterocycles. The number of hydrogen-bond acceptors (Lipinski definition) is 4. The van der Waals surface area contributed by atoms with Gasteiger partial charge in [0, 0.05) is 18.6 Å². The highest BCUT2D eigenvalue weighted by Crippen LogP contribution is 2.24. The first kappa shape index (κ1) is 14.5. The van der Waals surface area contributed by atoms with Crippen molar-refractivity contribution in [3.63, 3.8) is 0 Å². The summed E-state index contributed by atoms with van der Waals surface area (Å²) in [7, 11) is 0. The lowest BCUT2D eigenvalue weighted by atomic mass is 9.95. The third kappa shape index (κ3) is 5.17. The smallest absolute Gasteiger partial charge is 0.330 e. The van der Waals surface area contributed by atoms with Crippen LogP contribution in [0.5, 0.6) is 0 Å². The first-order valence-corrected chi connectivity index (χ1v) is 6.32. The highest BCUT2D eigenvalue weighted by atomic mass is 16.6. The maximum absolute atomic E-state index is 11.3. The minimum atomic E-state index is -0.331. The zero-order valence-corrected chi connectivity index (χ0v) is 10.9. The van der Waals surface area contributed by atoms with Crippen molar-refractivity contribution in [2.45, 2.75) is 51.7 Å². The molecule has 1 saturated carbocycles. The van der Waals surface area contributed by atoms with E-state index in [-0.39, 0.29) is 24.1 Å². The summed E-state index contributed by atoms with van der Waals surface area (Å²) in [6.07, 6.45) is 8.96. The Morgan fingerprint density at radius 2 is 1.39 bits per heavy atom. The van der Waals surface area contributed by atoms with Gasteiger partial charge in [0.15, 0.2) is 0 Å². The zero-order valence-electron chi connectivity index (χ0n) is 10.9. The van der Waals surface area contributed by atoms with Gasteiger partial charge in [-0.05, 0) is 33.1 Å². The minimum Gasteiger partial charge on any atom is -0.459 e. The molecule has 0 heterocycles. The molecule has 0 aromatic heterocycles. The molecule has 0 spiro atoms. The highest BCUT2D eigenvalue weighted by molar-refractivity contribution is 5.82. The van der Waals surface area contributed by atoms with Crippen LogP contribution in [0.2, 0.25) is 0 Å². The van der Waals surface area contributed by atoms with E-state index >= 15 is 0 Å². The predicted molar refractivity (Wildman–Crippen MR) is 67.9 cm³/mol. The molecule has 0 aliphatic heterocycles. The Labute approximate surface area is 108 Å². The lowest BCUT2D eigenvalue weighted by Gasteiger charge is -2.28. The van der Waals surface area contributed by atoms with E-state index in [1.54, 1.807) is 26.0 Å². The molecular weight excluding hydrogens is 232 g/mol. The number of carbonyl (C=O) groups excluding carboxylic acids is 2. The predicted octanol–water partition coefficient (Wildman–Crippen LogP) is 2.54. The second kappa shape index (κ2) is 7.69. The van der Waals surface area contributed by atoms with Gasteiger partial charge in [-0.25, -0.2) is 9.59 Å². The highest BCUT2D eigenvalue weighted by Gasteiger charge is 2.26. The van der Waals surface area contributed by atoms with E-state index in [9.17, 15) is 9.59 Å². The van der Waals surface area contributed by atoms with E-state index in [0.29, 0.717) is 6.42 Å². The normalized spacial score (nSPS) is 24.3. The van der Waals surface area contributed by atoms with Gasteiger partial charge in [-0.3, -0.25) is 0 Å². The molecule has 0 amide bonds. The molecule has 1 rings (SSSR count). The van der Waals surface area contributed by atoms with Crippen molar-refractivity contribution in [3.05, 3.63) is 24.3 Å². The molecule has 18 heavy (non-hydrogen) atoms. The third-order valence-corrected chi connectivity index (χ3v) is 2.75. The van der Waals surface area contributed by atoms with Gasteiger partial charge in [-0.2, -0.15) is 0 Å². The van der Waals surface area contributed by atoms with Gasteiger partial charge < -0.3 is 9.47 Å². The fourth-order valence-corrected chi connectivity index (χ4v) is 2.00. The summed E-state index contributed by atoms with van der Waals surface area (Å²) in [6.45, 7) is 3.54. The van der Waals surface area contributed by atoms with E-state index in [0.717, 1.165) is 19.3 Å². The fourth-order valence-electron chi connectivity index (χ4n) is 2.00. The van der Waals surface area contributed by atoms with E-state index in [2.05, 4.69) is 0 Å². The summed E-state index contributed by atoms with van der Waals surface area (Å²) in [5, 5.41) is 0. The molecule has 0 N–H and O–H groups in total. The summed E-state index contributed by atoms with van der Waals surface area (Å²) in [6, 6.07) is 0. The third-order valence-electron chi connectivity index (χ3n) is 2.75. The van der Waals surface area contributed by atoms with Crippen molar-refractivity contribution in [3.8, 4) is 0 Å². The van der Waals surface area contributed by atoms with Crippen LogP contribution in [0.25, 0.3) is 0 Å². The Bertz CT molecular complexity index is 312. The molecular formula is C14H20O4. The molecule has 1 fully saturated rings. The van der Waals surface area contributed by atoms with Crippen molar-refractivity contribution < 1.29 is 19.1 Å². The molecule has 100 valence electrons. The Morgan fingerprint density at radius 1 is 0.944 bits per heavy atom. The second-order valence-electron chi connectivity index (χ2n) is 4.28. The molecule has 1 aliphatic rings. The van der Waals surface area contributed by atoms with Crippen molar-refractivity contribution in [2.75, 3.05) is 0 Å². The summed E-state index contributed by atoms with van der Waals surface area (Å²) in [5.74, 6) is -0.661. The lowest BCUT2D eigenvalue weighted by molar-refractivity contribution is -0.152. The largest absolute Gasteiger partial charge is 0.459 e. The van der Waals surface area contributed by atoms with E-state index < -0.39 is 0 Å². The number of carbonyl (C=O) groups is 2. The van der Waals surface area contributed by atoms with E-state index in [1.165, 1.54) is 12.2 Å². The summed E-state index contributed by atoms with van der Waals surface area (Å²) in [4.78, 5) is 22.6. The van der Waals surface area contributed by atoms with Crippen LogP contribution in [0.4, 0.5) is 0 Å². The average molecular weight is 252 g/mol. The summed E-state index contributed by atoms with van der Waals surface area (Å²) in [5.41, 5.74) is 0. The zero-order chi connectivity index (χ0) is 13.4. The summed E-state index contributed by atoms with van der Waals surface area (Å²) >= 11 is 0. The Kier molecular flexibility index (Phi) is 6.19. The molecule has 0 bridgehead atoms. The van der Waals surface area contributed by atoms with Crippen LogP contribution in [0.1, 0.15) is 39.5 Å². The first-order valence-electron chi connectivity index (χ1n) is 6.32. The average Bonchev–Trinajstić information content (AvgIpc) is 2.29. The van der Waals surface area contributed by atoms with Crippen molar-refractivity contribution in [1.82, 2.24) is 0 Å². The van der Waals surface area contributed by atoms with Crippen molar-refractivity contribution in [2.24, 2.45) is 0 Å². The lowest BCUT2D eigenvalue weighted by Crippen LogP contribution is -2.30. The van der Waals surface area contributed by atoms with Gasteiger partial charge in [0.1, 0.15) is 12.2 Å². The number of ether oxygens (including phenoxy) is 2. The van der Waals surface area contributed by atoms with Crippen LogP contribution < -0.4 is 0 Å². The fraction of sp³-hybridized carbons (Fsp3) is 0.571. The number of allylic oxidation sites excluding steroid dienone is 2. The van der Waals surface area contributed by atoms with Crippen LogP contribution in [0.15, 0.2) is 24.3 Å². The monoisotopic (exact) mass is 252 g/mol. The molecule has 4 nitrogen and oxygen atoms in total. The number of esters is 2. The topological polar surface area (TPSA) is 52.6 Å². The Morgan fingerprint density at radius 3 is 1.78 bits per heavy atom. The van der Waals surface area contributed by atoms with Crippen LogP contribution in [0.3, 0.4) is 0 Å². The van der Waals surface area contributed by atoms with Gasteiger partial charge in [0.2, 0.25) is 0 Å². The maximum atomic E-state index is 11.3. The van der Waals surface area contributed by atoms with Crippen molar-refractivity contribution >= 4 is 11.9 Å². The number of rotatable bonds is 4. The van der Waals surface area contributed by atoms with E-state index in [1.807, 2.05) is 0 Å². The molecule has 0 aromatic rings. The molecule has 0 radical (unpaired) electrons. The SMILES string of the molecule is CC=CC(=O)OC1CCCC(OC(=O)C=CC)C1. The van der Waals surface area contributed by atoms with Crippen LogP contribution in [-0.4, -0.2) is 24.1 Å². The quantitative estimate of drug-likeness (QED) is 0.570. The molecule has 4 heteroatoms. The second-order valence-corrected chi connectivity index (χ2v) is 4.28. The standard InChI is InChI=1S/C14H20O4/c1-3-6-13(15)17-11-8-5-9-12(10-11)18-14(16)7-4-2/h3-4,6-7,11-12H,5,8-10H2,1-2H3. The van der Waals surface area contributed by atoms with Crippen molar-refractivity contribution in [1.29, 1.82) is 0 Å². The van der Waals surface area contributed by atoms with Gasteiger partial charge in [0.25, 0.3) is 0 Å². The van der Waals surface area contributed by atoms with Crippen LogP contribution in [0, 0.1) is 0 Å².